The van der Waals surface area contributed by atoms with E-state index in [2.05, 4.69) is 10.3 Å². The molecule has 1 aromatic carbocycles. The van der Waals surface area contributed by atoms with E-state index in [1.54, 1.807) is 24.5 Å². The Morgan fingerprint density at radius 3 is 2.15 bits per heavy atom. The van der Waals surface area contributed by atoms with Crippen molar-refractivity contribution in [1.29, 1.82) is 0 Å². The molecule has 0 aliphatic heterocycles. The van der Waals surface area contributed by atoms with Gasteiger partial charge in [-0.3, -0.25) is 4.98 Å². The van der Waals surface area contributed by atoms with Crippen LogP contribution in [-0.4, -0.2) is 46.6 Å². The van der Waals surface area contributed by atoms with E-state index in [9.17, 15) is 18.0 Å². The number of carbonyl (C=O) groups is 2. The van der Waals surface area contributed by atoms with Gasteiger partial charge in [-0.25, -0.2) is 22.0 Å². The molecule has 33 heavy (non-hydrogen) atoms. The van der Waals surface area contributed by atoms with Gasteiger partial charge in [0.2, 0.25) is 0 Å². The number of benzene rings is 1. The van der Waals surface area contributed by atoms with Crippen molar-refractivity contribution >= 4 is 22.0 Å². The quantitative estimate of drug-likeness (QED) is 0.447. The van der Waals surface area contributed by atoms with Crippen molar-refractivity contribution in [1.82, 2.24) is 14.3 Å². The largest absolute Gasteiger partial charge is 0.478 e. The van der Waals surface area contributed by atoms with Gasteiger partial charge in [-0.2, -0.15) is 0 Å². The van der Waals surface area contributed by atoms with E-state index < -0.39 is 22.0 Å². The van der Waals surface area contributed by atoms with Crippen LogP contribution in [0.3, 0.4) is 0 Å². The molecule has 0 fully saturated rings. The van der Waals surface area contributed by atoms with E-state index in [4.69, 9.17) is 10.2 Å². The molecule has 0 aliphatic rings. The summed E-state index contributed by atoms with van der Waals surface area (Å²) < 4.78 is 27.7. The number of carboxylic acids is 2. The van der Waals surface area contributed by atoms with Gasteiger partial charge in [-0.1, -0.05) is 18.2 Å². The molecule has 2 aromatic heterocycles. The number of hydrogen-bond donors (Lipinski definition) is 3. The first-order chi connectivity index (χ1) is 15.6. The number of pyridine rings is 1. The summed E-state index contributed by atoms with van der Waals surface area (Å²) in [6.45, 7) is 4.58. The first kappa shape index (κ1) is 25.5. The lowest BCUT2D eigenvalue weighted by Gasteiger charge is -2.14. The maximum atomic E-state index is 13.2. The number of nitrogens with zero attached hydrogens (tertiary/aromatic N) is 2. The van der Waals surface area contributed by atoms with E-state index in [1.807, 2.05) is 45.2 Å². The summed E-state index contributed by atoms with van der Waals surface area (Å²) in [6, 6.07) is 11.1. The SMILES string of the molecule is CNCc1cc(-c2c(C)cccc2C)n(S(=O)(=O)c2cccnc2)c1.O=C(O)C=CC(=O)O. The van der Waals surface area contributed by atoms with Crippen molar-refractivity contribution in [2.75, 3.05) is 7.05 Å². The molecule has 3 aromatic rings. The summed E-state index contributed by atoms with van der Waals surface area (Å²) in [5.74, 6) is -2.51. The van der Waals surface area contributed by atoms with Crippen LogP contribution < -0.4 is 5.32 Å². The fraction of sp³-hybridized carbons (Fsp3) is 0.174. The number of aryl methyl sites for hydroxylation is 2. The van der Waals surface area contributed by atoms with Crippen LogP contribution in [0.25, 0.3) is 11.3 Å². The van der Waals surface area contributed by atoms with Gasteiger partial charge in [0.15, 0.2) is 0 Å². The monoisotopic (exact) mass is 471 g/mol. The Kier molecular flexibility index (Phi) is 8.66. The number of aromatic nitrogens is 2. The molecule has 3 N–H and O–H groups in total. The Morgan fingerprint density at radius 1 is 1.06 bits per heavy atom. The lowest BCUT2D eigenvalue weighted by molar-refractivity contribution is -0.134. The average molecular weight is 472 g/mol. The van der Waals surface area contributed by atoms with Crippen LogP contribution in [0.5, 0.6) is 0 Å². The van der Waals surface area contributed by atoms with Crippen molar-refractivity contribution in [3.05, 3.63) is 83.8 Å². The standard InChI is InChI=1S/C19H21N3O2S.C4H4O4/c1-14-6-4-7-15(2)19(14)18-10-16(11-20-3)13-22(18)25(23,24)17-8-5-9-21-12-17;5-3(6)1-2-4(7)8/h4-10,12-13,20H,11H2,1-3H3;1-2H,(H,5,6)(H,7,8). The number of carboxylic acid groups (broad SMARTS) is 2. The smallest absolute Gasteiger partial charge is 0.328 e. The third-order valence-corrected chi connectivity index (χ3v) is 6.18. The van der Waals surface area contributed by atoms with Gasteiger partial charge in [-0.15, -0.1) is 0 Å². The third-order valence-electron chi connectivity index (χ3n) is 4.52. The Hall–Kier alpha value is -3.76. The molecule has 0 atom stereocenters. The molecule has 3 rings (SSSR count). The Labute approximate surface area is 192 Å². The molecular weight excluding hydrogens is 446 g/mol. The van der Waals surface area contributed by atoms with Crippen LogP contribution in [0, 0.1) is 13.8 Å². The van der Waals surface area contributed by atoms with E-state index in [0.717, 1.165) is 22.3 Å². The van der Waals surface area contributed by atoms with Crippen LogP contribution in [0.2, 0.25) is 0 Å². The molecule has 0 amide bonds. The van der Waals surface area contributed by atoms with Crippen molar-refractivity contribution in [2.45, 2.75) is 25.3 Å². The molecule has 174 valence electrons. The highest BCUT2D eigenvalue weighted by molar-refractivity contribution is 7.90. The molecule has 0 saturated carbocycles. The third kappa shape index (κ3) is 6.61. The first-order valence-corrected chi connectivity index (χ1v) is 11.2. The van der Waals surface area contributed by atoms with Crippen molar-refractivity contribution in [3.63, 3.8) is 0 Å². The van der Waals surface area contributed by atoms with Crippen LogP contribution >= 0.6 is 0 Å². The molecule has 2 heterocycles. The van der Waals surface area contributed by atoms with Gasteiger partial charge in [0.25, 0.3) is 10.0 Å². The summed E-state index contributed by atoms with van der Waals surface area (Å²) in [7, 11) is -1.88. The molecule has 0 bridgehead atoms. The highest BCUT2D eigenvalue weighted by atomic mass is 32.2. The van der Waals surface area contributed by atoms with Crippen molar-refractivity contribution in [3.8, 4) is 11.3 Å². The minimum absolute atomic E-state index is 0.175. The Balaban J connectivity index is 0.000000414. The van der Waals surface area contributed by atoms with Crippen LogP contribution in [0.1, 0.15) is 16.7 Å². The fourth-order valence-corrected chi connectivity index (χ4v) is 4.50. The predicted molar refractivity (Wildman–Crippen MR) is 123 cm³/mol. The zero-order valence-electron chi connectivity index (χ0n) is 18.4. The molecule has 10 heteroatoms. The predicted octanol–water partition coefficient (Wildman–Crippen LogP) is 2.84. The molecular formula is C23H25N3O6S. The molecule has 9 nitrogen and oxygen atoms in total. The average Bonchev–Trinajstić information content (AvgIpc) is 3.18. The van der Waals surface area contributed by atoms with Gasteiger partial charge in [-0.05, 0) is 55.8 Å². The number of rotatable bonds is 7. The van der Waals surface area contributed by atoms with Crippen molar-refractivity contribution in [2.24, 2.45) is 0 Å². The molecule has 0 aliphatic carbocycles. The van der Waals surface area contributed by atoms with E-state index in [-0.39, 0.29) is 4.90 Å². The van der Waals surface area contributed by atoms with Crippen molar-refractivity contribution < 1.29 is 28.2 Å². The van der Waals surface area contributed by atoms with Gasteiger partial charge in [0.05, 0.1) is 5.69 Å². The number of hydrogen-bond acceptors (Lipinski definition) is 6. The minimum atomic E-state index is -3.72. The maximum Gasteiger partial charge on any atom is 0.328 e. The van der Waals surface area contributed by atoms with Gasteiger partial charge < -0.3 is 15.5 Å². The van der Waals surface area contributed by atoms with Gasteiger partial charge in [0, 0.05) is 42.9 Å². The van der Waals surface area contributed by atoms with Gasteiger partial charge >= 0.3 is 11.9 Å². The minimum Gasteiger partial charge on any atom is -0.478 e. The second-order valence-electron chi connectivity index (χ2n) is 7.03. The van der Waals surface area contributed by atoms with Crippen LogP contribution in [0.15, 0.2) is 72.0 Å². The summed E-state index contributed by atoms with van der Waals surface area (Å²) in [5, 5.41) is 18.7. The summed E-state index contributed by atoms with van der Waals surface area (Å²) in [5.41, 5.74) is 4.60. The molecule has 0 spiro atoms. The second-order valence-corrected chi connectivity index (χ2v) is 8.85. The van der Waals surface area contributed by atoms with Gasteiger partial charge in [0.1, 0.15) is 4.90 Å². The maximum absolute atomic E-state index is 13.2. The zero-order chi connectivity index (χ0) is 24.6. The van der Waals surface area contributed by atoms with E-state index in [0.29, 0.717) is 24.4 Å². The molecule has 0 radical (unpaired) electrons. The summed E-state index contributed by atoms with van der Waals surface area (Å²) in [6.07, 6.45) is 5.74. The normalized spacial score (nSPS) is 11.1. The fourth-order valence-electron chi connectivity index (χ4n) is 3.15. The Bertz CT molecular complexity index is 1230. The Morgan fingerprint density at radius 2 is 1.67 bits per heavy atom. The van der Waals surface area contributed by atoms with Crippen LogP contribution in [-0.2, 0) is 26.2 Å². The zero-order valence-corrected chi connectivity index (χ0v) is 19.2. The molecule has 0 saturated heterocycles. The highest BCUT2D eigenvalue weighted by Crippen LogP contribution is 2.31. The summed E-state index contributed by atoms with van der Waals surface area (Å²) in [4.78, 5) is 23.2. The number of nitrogens with one attached hydrogen (secondary N) is 1. The highest BCUT2D eigenvalue weighted by Gasteiger charge is 2.23. The second kappa shape index (κ2) is 11.2. The lowest BCUT2D eigenvalue weighted by Crippen LogP contribution is -2.14. The number of aliphatic carboxylic acids is 2. The first-order valence-electron chi connectivity index (χ1n) is 9.80. The van der Waals surface area contributed by atoms with E-state index >= 15 is 0 Å². The van der Waals surface area contributed by atoms with E-state index in [1.165, 1.54) is 10.2 Å². The lowest BCUT2D eigenvalue weighted by atomic mass is 10.00. The topological polar surface area (TPSA) is 139 Å². The molecule has 0 unspecified atom stereocenters. The summed E-state index contributed by atoms with van der Waals surface area (Å²) >= 11 is 0. The van der Waals surface area contributed by atoms with Crippen LogP contribution in [0.4, 0.5) is 0 Å².